The van der Waals surface area contributed by atoms with Gasteiger partial charge in [0.1, 0.15) is 0 Å². The molecule has 4 heterocycles. The summed E-state index contributed by atoms with van der Waals surface area (Å²) < 4.78 is 32.2. The van der Waals surface area contributed by atoms with E-state index in [0.717, 1.165) is 16.9 Å². The Bertz CT molecular complexity index is 1810. The van der Waals surface area contributed by atoms with Crippen LogP contribution in [0.5, 0.6) is 0 Å². The number of sulfonamides is 1. The second kappa shape index (κ2) is 13.0. The summed E-state index contributed by atoms with van der Waals surface area (Å²) in [5.41, 5.74) is 4.02. The van der Waals surface area contributed by atoms with Gasteiger partial charge in [0.05, 0.1) is 30.2 Å². The molecule has 0 N–H and O–H groups in total. The van der Waals surface area contributed by atoms with E-state index < -0.39 is 16.1 Å². The first-order valence-corrected chi connectivity index (χ1v) is 16.8. The molecule has 232 valence electrons. The number of pyridine rings is 1. The number of carbonyl (C=O) groups is 1. The number of likely N-dealkylation sites (tertiary alicyclic amines) is 1. The minimum atomic E-state index is -3.97. The van der Waals surface area contributed by atoms with Crippen LogP contribution in [0.15, 0.2) is 84.4 Å². The zero-order valence-corrected chi connectivity index (χ0v) is 26.5. The largest absolute Gasteiger partial charge is 0.364 e. The molecule has 0 aliphatic carbocycles. The Morgan fingerprint density at radius 3 is 2.56 bits per heavy atom. The van der Waals surface area contributed by atoms with Crippen molar-refractivity contribution in [3.05, 3.63) is 107 Å². The van der Waals surface area contributed by atoms with E-state index in [1.165, 1.54) is 12.3 Å². The average Bonchev–Trinajstić information content (AvgIpc) is 3.47. The number of amides is 1. The zero-order valence-electron chi connectivity index (χ0n) is 25.0. The van der Waals surface area contributed by atoms with E-state index in [2.05, 4.69) is 20.9 Å². The number of carbonyl (C=O) groups excluding carboxylic acids is 1. The topological polar surface area (TPSA) is 115 Å². The van der Waals surface area contributed by atoms with Gasteiger partial charge in [-0.15, -0.1) is 0 Å². The summed E-state index contributed by atoms with van der Waals surface area (Å²) in [7, 11) is -2.03. The van der Waals surface area contributed by atoms with Crippen LogP contribution in [0, 0.1) is 17.2 Å². The number of piperidine rings is 1. The van der Waals surface area contributed by atoms with E-state index in [1.54, 1.807) is 53.1 Å². The van der Waals surface area contributed by atoms with E-state index >= 15 is 0 Å². The molecule has 12 heteroatoms. The van der Waals surface area contributed by atoms with Gasteiger partial charge in [-0.3, -0.25) is 4.79 Å². The summed E-state index contributed by atoms with van der Waals surface area (Å²) in [6.07, 6.45) is 6.87. The second-order valence-electron chi connectivity index (χ2n) is 11.7. The van der Waals surface area contributed by atoms with Gasteiger partial charge in [-0.05, 0) is 85.3 Å². The molecule has 10 nitrogen and oxygen atoms in total. The van der Waals surface area contributed by atoms with Crippen molar-refractivity contribution in [2.24, 2.45) is 13.0 Å². The van der Waals surface area contributed by atoms with Crippen LogP contribution in [0.4, 0.5) is 5.69 Å². The third kappa shape index (κ3) is 6.59. The molecular weight excluding hydrogens is 610 g/mol. The van der Waals surface area contributed by atoms with Gasteiger partial charge in [0.15, 0.2) is 5.03 Å². The lowest BCUT2D eigenvalue weighted by molar-refractivity contribution is 0.0676. The molecule has 1 atom stereocenters. The SMILES string of the molecule is Cn1cncc1CN1CC(N(CC2CCN(C(=O)c3ccc(Cl)cc3)CC2)S(=O)(=O)c2ccccn2)Cc2cc(C#N)ccc21. The average molecular weight is 644 g/mol. The summed E-state index contributed by atoms with van der Waals surface area (Å²) in [5, 5.41) is 10.2. The third-order valence-corrected chi connectivity index (χ3v) is 10.8. The van der Waals surface area contributed by atoms with E-state index in [0.29, 0.717) is 68.1 Å². The molecule has 0 saturated carbocycles. The van der Waals surface area contributed by atoms with Crippen LogP contribution >= 0.6 is 11.6 Å². The highest BCUT2D eigenvalue weighted by atomic mass is 35.5. The molecule has 2 aliphatic heterocycles. The van der Waals surface area contributed by atoms with Gasteiger partial charge in [0, 0.05) is 67.9 Å². The van der Waals surface area contributed by atoms with Crippen LogP contribution in [0.3, 0.4) is 0 Å². The molecule has 2 aromatic heterocycles. The van der Waals surface area contributed by atoms with Crippen LogP contribution in [0.25, 0.3) is 0 Å². The maximum Gasteiger partial charge on any atom is 0.260 e. The Morgan fingerprint density at radius 2 is 1.89 bits per heavy atom. The predicted molar refractivity (Wildman–Crippen MR) is 171 cm³/mol. The molecule has 2 aromatic carbocycles. The summed E-state index contributed by atoms with van der Waals surface area (Å²) in [5.74, 6) is 0.00110. The van der Waals surface area contributed by atoms with Crippen molar-refractivity contribution >= 4 is 33.2 Å². The van der Waals surface area contributed by atoms with Crippen LogP contribution in [0.1, 0.15) is 40.0 Å². The first-order chi connectivity index (χ1) is 21.7. The van der Waals surface area contributed by atoms with Crippen LogP contribution in [0.2, 0.25) is 5.02 Å². The second-order valence-corrected chi connectivity index (χ2v) is 13.9. The lowest BCUT2D eigenvalue weighted by Crippen LogP contribution is -2.53. The number of imidazole rings is 1. The molecule has 0 radical (unpaired) electrons. The highest BCUT2D eigenvalue weighted by Gasteiger charge is 2.39. The number of nitriles is 1. The quantitative estimate of drug-likeness (QED) is 0.277. The monoisotopic (exact) mass is 643 g/mol. The molecule has 6 rings (SSSR count). The number of aryl methyl sites for hydroxylation is 1. The number of halogens is 1. The predicted octanol–water partition coefficient (Wildman–Crippen LogP) is 4.51. The first kappa shape index (κ1) is 30.8. The molecule has 2 aliphatic rings. The first-order valence-electron chi connectivity index (χ1n) is 14.9. The smallest absolute Gasteiger partial charge is 0.260 e. The number of hydrogen-bond donors (Lipinski definition) is 0. The lowest BCUT2D eigenvalue weighted by atomic mass is 9.93. The van der Waals surface area contributed by atoms with Gasteiger partial charge in [-0.25, -0.2) is 18.4 Å². The van der Waals surface area contributed by atoms with Crippen molar-refractivity contribution in [2.75, 3.05) is 31.1 Å². The molecule has 1 fully saturated rings. The van der Waals surface area contributed by atoms with Crippen molar-refractivity contribution < 1.29 is 13.2 Å². The Balaban J connectivity index is 1.28. The molecular formula is C33H34ClN7O3S. The van der Waals surface area contributed by atoms with Gasteiger partial charge in [-0.1, -0.05) is 17.7 Å². The van der Waals surface area contributed by atoms with Gasteiger partial charge in [-0.2, -0.15) is 9.57 Å². The zero-order chi connectivity index (χ0) is 31.6. The van der Waals surface area contributed by atoms with Crippen LogP contribution in [-0.4, -0.2) is 70.3 Å². The number of aromatic nitrogens is 3. The summed E-state index contributed by atoms with van der Waals surface area (Å²) in [4.78, 5) is 25.6. The van der Waals surface area contributed by atoms with Crippen molar-refractivity contribution in [3.63, 3.8) is 0 Å². The molecule has 1 amide bonds. The minimum absolute atomic E-state index is 0.00936. The fourth-order valence-electron chi connectivity index (χ4n) is 6.28. The molecule has 1 saturated heterocycles. The number of fused-ring (bicyclic) bond motifs is 1. The molecule has 0 bridgehead atoms. The fourth-order valence-corrected chi connectivity index (χ4v) is 8.04. The molecule has 4 aromatic rings. The minimum Gasteiger partial charge on any atom is -0.364 e. The summed E-state index contributed by atoms with van der Waals surface area (Å²) in [6, 6.07) is 19.2. The Labute approximate surface area is 268 Å². The van der Waals surface area contributed by atoms with E-state index in [-0.39, 0.29) is 16.9 Å². The fraction of sp³-hybridized carbons (Fsp3) is 0.333. The van der Waals surface area contributed by atoms with Gasteiger partial charge in [0.25, 0.3) is 15.9 Å². The Kier molecular flexibility index (Phi) is 8.90. The van der Waals surface area contributed by atoms with E-state index in [1.807, 2.05) is 34.8 Å². The van der Waals surface area contributed by atoms with Gasteiger partial charge in [0.2, 0.25) is 0 Å². The summed E-state index contributed by atoms with van der Waals surface area (Å²) in [6.45, 7) is 2.38. The maximum absolute atomic E-state index is 14.3. The molecule has 45 heavy (non-hydrogen) atoms. The van der Waals surface area contributed by atoms with Crippen molar-refractivity contribution in [1.82, 2.24) is 23.7 Å². The number of anilines is 1. The van der Waals surface area contributed by atoms with Crippen molar-refractivity contribution in [3.8, 4) is 6.07 Å². The number of benzene rings is 2. The van der Waals surface area contributed by atoms with Crippen molar-refractivity contribution in [1.29, 1.82) is 5.26 Å². The van der Waals surface area contributed by atoms with Crippen LogP contribution in [-0.2, 0) is 30.0 Å². The third-order valence-electron chi connectivity index (χ3n) is 8.75. The highest BCUT2D eigenvalue weighted by molar-refractivity contribution is 7.89. The Morgan fingerprint density at radius 1 is 1.11 bits per heavy atom. The van der Waals surface area contributed by atoms with E-state index in [9.17, 15) is 18.5 Å². The number of nitrogens with zero attached hydrogens (tertiary/aromatic N) is 7. The van der Waals surface area contributed by atoms with Crippen molar-refractivity contribution in [2.45, 2.75) is 36.9 Å². The van der Waals surface area contributed by atoms with Crippen LogP contribution < -0.4 is 4.90 Å². The normalized spacial score (nSPS) is 17.2. The van der Waals surface area contributed by atoms with Gasteiger partial charge >= 0.3 is 0 Å². The Hall–Kier alpha value is -4.24. The summed E-state index contributed by atoms with van der Waals surface area (Å²) >= 11 is 6.00. The number of rotatable bonds is 8. The number of hydrogen-bond acceptors (Lipinski definition) is 7. The molecule has 1 unspecified atom stereocenters. The lowest BCUT2D eigenvalue weighted by Gasteiger charge is -2.42. The highest BCUT2D eigenvalue weighted by Crippen LogP contribution is 2.34. The van der Waals surface area contributed by atoms with Gasteiger partial charge < -0.3 is 14.4 Å². The maximum atomic E-state index is 14.3. The molecule has 0 spiro atoms. The standard InChI is InChI=1S/C33H34ClN7O3S/c1-38-23-36-19-30(38)22-40-21-29(17-27-16-25(18-35)5-10-31(27)40)41(45(43,44)32-4-2-3-13-37-32)20-24-11-14-39(15-12-24)33(42)26-6-8-28(34)9-7-26/h2-10,13,16,19,23-24,29H,11-12,14-15,17,20-22H2,1H3. The van der Waals surface area contributed by atoms with E-state index in [4.69, 9.17) is 11.6 Å².